The highest BCUT2D eigenvalue weighted by atomic mass is 32.1. The standard InChI is InChI=1S/C19H22N4O3S/c1-20-17(24)12-22-5-7-23(8-6-22)19(25)16-11-21-18(27-16)14-2-3-15-13(10-14)4-9-26-15/h2-3,10-11H,4-9,12H2,1H3,(H,20,24). The maximum Gasteiger partial charge on any atom is 0.265 e. The minimum absolute atomic E-state index is 0.00150. The number of carbonyl (C=O) groups is 2. The lowest BCUT2D eigenvalue weighted by atomic mass is 10.1. The molecule has 4 rings (SSSR count). The van der Waals surface area contributed by atoms with Crippen LogP contribution in [0.3, 0.4) is 0 Å². The van der Waals surface area contributed by atoms with Gasteiger partial charge < -0.3 is 15.0 Å². The Bertz CT molecular complexity index is 858. The summed E-state index contributed by atoms with van der Waals surface area (Å²) in [6.07, 6.45) is 2.59. The number of aromatic nitrogens is 1. The summed E-state index contributed by atoms with van der Waals surface area (Å²) in [6.45, 7) is 3.77. The van der Waals surface area contributed by atoms with Crippen LogP contribution >= 0.6 is 11.3 Å². The van der Waals surface area contributed by atoms with Crippen LogP contribution in [-0.4, -0.2) is 73.0 Å². The molecule has 27 heavy (non-hydrogen) atoms. The summed E-state index contributed by atoms with van der Waals surface area (Å²) in [6, 6.07) is 6.08. The van der Waals surface area contributed by atoms with Crippen molar-refractivity contribution in [3.63, 3.8) is 0 Å². The Morgan fingerprint density at radius 1 is 1.26 bits per heavy atom. The van der Waals surface area contributed by atoms with E-state index in [0.717, 1.165) is 29.3 Å². The van der Waals surface area contributed by atoms with Crippen molar-refractivity contribution in [1.29, 1.82) is 0 Å². The van der Waals surface area contributed by atoms with Gasteiger partial charge in [-0.25, -0.2) is 4.98 Å². The number of fused-ring (bicyclic) bond motifs is 1. The molecule has 1 aromatic heterocycles. The van der Waals surface area contributed by atoms with Crippen LogP contribution in [0.5, 0.6) is 5.75 Å². The van der Waals surface area contributed by atoms with Crippen molar-refractivity contribution in [1.82, 2.24) is 20.1 Å². The van der Waals surface area contributed by atoms with E-state index in [0.29, 0.717) is 37.6 Å². The van der Waals surface area contributed by atoms with Crippen LogP contribution in [0.4, 0.5) is 0 Å². The first kappa shape index (κ1) is 17.9. The first-order valence-corrected chi connectivity index (χ1v) is 9.90. The molecule has 2 aromatic rings. The number of hydrogen-bond donors (Lipinski definition) is 1. The smallest absolute Gasteiger partial charge is 0.265 e. The molecule has 1 saturated heterocycles. The molecule has 142 valence electrons. The van der Waals surface area contributed by atoms with E-state index >= 15 is 0 Å². The molecule has 2 aliphatic rings. The zero-order chi connectivity index (χ0) is 18.8. The molecule has 0 unspecified atom stereocenters. The van der Waals surface area contributed by atoms with Crippen LogP contribution in [0.25, 0.3) is 10.6 Å². The van der Waals surface area contributed by atoms with Crippen LogP contribution in [0, 0.1) is 0 Å². The van der Waals surface area contributed by atoms with Crippen LogP contribution in [-0.2, 0) is 11.2 Å². The third-order valence-corrected chi connectivity index (χ3v) is 5.99. The summed E-state index contributed by atoms with van der Waals surface area (Å²) < 4.78 is 5.55. The van der Waals surface area contributed by atoms with E-state index in [-0.39, 0.29) is 11.8 Å². The Morgan fingerprint density at radius 2 is 2.07 bits per heavy atom. The molecule has 0 spiro atoms. The third-order valence-electron chi connectivity index (χ3n) is 4.96. The molecule has 1 fully saturated rings. The van der Waals surface area contributed by atoms with Crippen LogP contribution in [0.15, 0.2) is 24.4 Å². The van der Waals surface area contributed by atoms with E-state index in [1.165, 1.54) is 16.9 Å². The van der Waals surface area contributed by atoms with E-state index in [9.17, 15) is 9.59 Å². The summed E-state index contributed by atoms with van der Waals surface area (Å²) in [4.78, 5) is 33.3. The number of nitrogens with zero attached hydrogens (tertiary/aromatic N) is 3. The van der Waals surface area contributed by atoms with E-state index in [4.69, 9.17) is 4.74 Å². The molecule has 1 N–H and O–H groups in total. The fourth-order valence-corrected chi connectivity index (χ4v) is 4.25. The lowest BCUT2D eigenvalue weighted by molar-refractivity contribution is -0.122. The Labute approximate surface area is 161 Å². The zero-order valence-electron chi connectivity index (χ0n) is 15.2. The van der Waals surface area contributed by atoms with Crippen LogP contribution in [0.2, 0.25) is 0 Å². The van der Waals surface area contributed by atoms with Gasteiger partial charge in [0.1, 0.15) is 15.6 Å². The van der Waals surface area contributed by atoms with Crippen molar-refractivity contribution in [2.24, 2.45) is 0 Å². The summed E-state index contributed by atoms with van der Waals surface area (Å²) in [5.74, 6) is 0.964. The summed E-state index contributed by atoms with van der Waals surface area (Å²) in [5, 5.41) is 3.48. The number of nitrogens with one attached hydrogen (secondary N) is 1. The number of thiazole rings is 1. The maximum absolute atomic E-state index is 12.8. The van der Waals surface area contributed by atoms with E-state index in [1.807, 2.05) is 17.0 Å². The van der Waals surface area contributed by atoms with Crippen molar-refractivity contribution < 1.29 is 14.3 Å². The third kappa shape index (κ3) is 3.81. The second-order valence-corrected chi connectivity index (χ2v) is 7.72. The molecule has 8 heteroatoms. The van der Waals surface area contributed by atoms with Crippen LogP contribution in [0.1, 0.15) is 15.2 Å². The Kier molecular flexibility index (Phi) is 5.09. The van der Waals surface area contributed by atoms with Gasteiger partial charge in [0.2, 0.25) is 5.91 Å². The van der Waals surface area contributed by atoms with Crippen molar-refractivity contribution in [3.8, 4) is 16.3 Å². The molecule has 0 atom stereocenters. The lowest BCUT2D eigenvalue weighted by Gasteiger charge is -2.33. The van der Waals surface area contributed by atoms with Crippen molar-refractivity contribution in [2.45, 2.75) is 6.42 Å². The second-order valence-electron chi connectivity index (χ2n) is 6.69. The fourth-order valence-electron chi connectivity index (χ4n) is 3.37. The van der Waals surface area contributed by atoms with Crippen molar-refractivity contribution >= 4 is 23.2 Å². The quantitative estimate of drug-likeness (QED) is 0.856. The highest BCUT2D eigenvalue weighted by Crippen LogP contribution is 2.32. The maximum atomic E-state index is 12.8. The molecule has 0 saturated carbocycles. The zero-order valence-corrected chi connectivity index (χ0v) is 16.1. The average molecular weight is 386 g/mol. The highest BCUT2D eigenvalue weighted by molar-refractivity contribution is 7.16. The molecular formula is C19H22N4O3S. The Morgan fingerprint density at radius 3 is 2.85 bits per heavy atom. The van der Waals surface area contributed by atoms with E-state index < -0.39 is 0 Å². The normalized spacial score (nSPS) is 16.7. The van der Waals surface area contributed by atoms with Gasteiger partial charge in [-0.2, -0.15) is 0 Å². The van der Waals surface area contributed by atoms with Gasteiger partial charge in [-0.05, 0) is 23.8 Å². The number of ether oxygens (including phenoxy) is 1. The minimum atomic E-state index is 0.00150. The first-order chi connectivity index (χ1) is 13.1. The summed E-state index contributed by atoms with van der Waals surface area (Å²) in [5.41, 5.74) is 2.22. The number of rotatable bonds is 4. The van der Waals surface area contributed by atoms with Gasteiger partial charge in [-0.1, -0.05) is 0 Å². The number of benzene rings is 1. The summed E-state index contributed by atoms with van der Waals surface area (Å²) >= 11 is 1.43. The van der Waals surface area contributed by atoms with Gasteiger partial charge in [-0.15, -0.1) is 11.3 Å². The predicted molar refractivity (Wildman–Crippen MR) is 103 cm³/mol. The number of likely N-dealkylation sites (N-methyl/N-ethyl adjacent to an activating group) is 1. The molecule has 2 amide bonds. The fraction of sp³-hybridized carbons (Fsp3) is 0.421. The molecular weight excluding hydrogens is 364 g/mol. The number of amides is 2. The van der Waals surface area contributed by atoms with Gasteiger partial charge in [0, 0.05) is 45.2 Å². The molecule has 2 aliphatic heterocycles. The summed E-state index contributed by atoms with van der Waals surface area (Å²) in [7, 11) is 1.64. The average Bonchev–Trinajstić information content (AvgIpc) is 3.36. The van der Waals surface area contributed by atoms with E-state index in [2.05, 4.69) is 21.3 Å². The van der Waals surface area contributed by atoms with Gasteiger partial charge in [0.25, 0.3) is 5.91 Å². The predicted octanol–water partition coefficient (Wildman–Crippen LogP) is 1.25. The largest absolute Gasteiger partial charge is 0.493 e. The topological polar surface area (TPSA) is 74.8 Å². The molecule has 0 aliphatic carbocycles. The van der Waals surface area contributed by atoms with Crippen LogP contribution < -0.4 is 10.1 Å². The first-order valence-electron chi connectivity index (χ1n) is 9.08. The molecule has 0 bridgehead atoms. The van der Waals surface area contributed by atoms with Crippen molar-refractivity contribution in [2.75, 3.05) is 46.4 Å². The number of piperazine rings is 1. The molecule has 0 radical (unpaired) electrons. The van der Waals surface area contributed by atoms with Gasteiger partial charge in [0.15, 0.2) is 0 Å². The van der Waals surface area contributed by atoms with Gasteiger partial charge >= 0.3 is 0 Å². The number of carbonyl (C=O) groups excluding carboxylic acids is 2. The van der Waals surface area contributed by atoms with Gasteiger partial charge in [-0.3, -0.25) is 14.5 Å². The SMILES string of the molecule is CNC(=O)CN1CCN(C(=O)c2cnc(-c3ccc4c(c3)CCO4)s2)CC1. The van der Waals surface area contributed by atoms with Crippen molar-refractivity contribution in [3.05, 3.63) is 34.8 Å². The lowest BCUT2D eigenvalue weighted by Crippen LogP contribution is -2.50. The monoisotopic (exact) mass is 386 g/mol. The molecule has 1 aromatic carbocycles. The highest BCUT2D eigenvalue weighted by Gasteiger charge is 2.25. The second kappa shape index (κ2) is 7.66. The minimum Gasteiger partial charge on any atom is -0.493 e. The van der Waals surface area contributed by atoms with E-state index in [1.54, 1.807) is 13.2 Å². The Hall–Kier alpha value is -2.45. The number of hydrogen-bond acceptors (Lipinski definition) is 6. The molecule has 3 heterocycles. The molecule has 7 nitrogen and oxygen atoms in total. The van der Waals surface area contributed by atoms with Gasteiger partial charge in [0.05, 0.1) is 19.3 Å². The Balaban J connectivity index is 1.40.